The van der Waals surface area contributed by atoms with Crippen LogP contribution in [0.1, 0.15) is 25.7 Å². The monoisotopic (exact) mass is 219 g/mol. The maximum atomic E-state index is 11.7. The molecule has 2 rings (SSSR count). The lowest BCUT2D eigenvalue weighted by Gasteiger charge is -2.14. The zero-order valence-electron chi connectivity index (χ0n) is 9.23. The molecule has 0 aromatic carbocycles. The number of rotatable bonds is 3. The number of hydrogen-bond donors (Lipinski definition) is 2. The van der Waals surface area contributed by atoms with E-state index in [-0.39, 0.29) is 11.9 Å². The Morgan fingerprint density at radius 3 is 3.06 bits per heavy atom. The van der Waals surface area contributed by atoms with Crippen molar-refractivity contribution in [2.75, 3.05) is 5.32 Å². The van der Waals surface area contributed by atoms with Gasteiger partial charge in [-0.15, -0.1) is 0 Å². The summed E-state index contributed by atoms with van der Waals surface area (Å²) >= 11 is 0. The Morgan fingerprint density at radius 2 is 2.44 bits per heavy atom. The Bertz CT molecular complexity index is 353. The number of nitrogens with zero attached hydrogens (tertiary/aromatic N) is 1. The Kier molecular flexibility index (Phi) is 3.51. The second kappa shape index (κ2) is 5.07. The fraction of sp³-hybridized carbons (Fsp3) is 0.500. The van der Waals surface area contributed by atoms with Crippen molar-refractivity contribution in [2.24, 2.45) is 11.7 Å². The first-order valence-corrected chi connectivity index (χ1v) is 5.71. The van der Waals surface area contributed by atoms with Gasteiger partial charge in [0.1, 0.15) is 0 Å². The molecule has 1 aromatic rings. The summed E-state index contributed by atoms with van der Waals surface area (Å²) in [5, 5.41) is 2.83. The number of hydrogen-bond acceptors (Lipinski definition) is 3. The number of aromatic nitrogens is 1. The zero-order valence-corrected chi connectivity index (χ0v) is 9.23. The quantitative estimate of drug-likeness (QED) is 0.810. The first-order chi connectivity index (χ1) is 7.75. The molecule has 1 saturated carbocycles. The smallest absolute Gasteiger partial charge is 0.224 e. The highest BCUT2D eigenvalue weighted by Crippen LogP contribution is 2.26. The summed E-state index contributed by atoms with van der Waals surface area (Å²) in [5.41, 5.74) is 6.68. The van der Waals surface area contributed by atoms with E-state index in [9.17, 15) is 4.79 Å². The van der Waals surface area contributed by atoms with Crippen LogP contribution in [0.3, 0.4) is 0 Å². The van der Waals surface area contributed by atoms with Gasteiger partial charge >= 0.3 is 0 Å². The van der Waals surface area contributed by atoms with Gasteiger partial charge in [-0.25, -0.2) is 0 Å². The predicted octanol–water partition coefficient (Wildman–Crippen LogP) is 1.54. The summed E-state index contributed by atoms with van der Waals surface area (Å²) in [6.45, 7) is 0. The van der Waals surface area contributed by atoms with Crippen molar-refractivity contribution in [1.82, 2.24) is 4.98 Å². The van der Waals surface area contributed by atoms with Crippen molar-refractivity contribution in [3.05, 3.63) is 24.5 Å². The van der Waals surface area contributed by atoms with Crippen LogP contribution in [0.4, 0.5) is 5.69 Å². The molecule has 4 heteroatoms. The first-order valence-electron chi connectivity index (χ1n) is 5.71. The van der Waals surface area contributed by atoms with Gasteiger partial charge < -0.3 is 11.1 Å². The lowest BCUT2D eigenvalue weighted by Crippen LogP contribution is -2.28. The van der Waals surface area contributed by atoms with E-state index in [4.69, 9.17) is 5.73 Å². The van der Waals surface area contributed by atoms with Crippen LogP contribution in [-0.4, -0.2) is 16.9 Å². The molecule has 1 fully saturated rings. The molecule has 0 spiro atoms. The van der Waals surface area contributed by atoms with E-state index in [1.165, 1.54) is 0 Å². The molecular formula is C12H17N3O. The van der Waals surface area contributed by atoms with Crippen LogP contribution in [0.5, 0.6) is 0 Å². The molecule has 4 nitrogen and oxygen atoms in total. The summed E-state index contributed by atoms with van der Waals surface area (Å²) < 4.78 is 0. The van der Waals surface area contributed by atoms with Crippen molar-refractivity contribution in [2.45, 2.75) is 31.7 Å². The lowest BCUT2D eigenvalue weighted by atomic mass is 10.00. The van der Waals surface area contributed by atoms with Gasteiger partial charge in [-0.05, 0) is 30.9 Å². The normalized spacial score (nSPS) is 24.3. The number of carbonyl (C=O) groups excluding carboxylic acids is 1. The van der Waals surface area contributed by atoms with Crippen molar-refractivity contribution in [1.29, 1.82) is 0 Å². The third-order valence-corrected chi connectivity index (χ3v) is 3.11. The molecular weight excluding hydrogens is 202 g/mol. The summed E-state index contributed by atoms with van der Waals surface area (Å²) in [5.74, 6) is 0.382. The van der Waals surface area contributed by atoms with Crippen molar-refractivity contribution in [3.63, 3.8) is 0 Å². The van der Waals surface area contributed by atoms with Crippen molar-refractivity contribution in [3.8, 4) is 0 Å². The number of nitrogens with one attached hydrogen (secondary N) is 1. The first kappa shape index (κ1) is 11.1. The van der Waals surface area contributed by atoms with Crippen LogP contribution >= 0.6 is 0 Å². The Morgan fingerprint density at radius 1 is 1.56 bits per heavy atom. The molecule has 1 amide bonds. The number of pyridine rings is 1. The molecule has 2 atom stereocenters. The van der Waals surface area contributed by atoms with Gasteiger partial charge in [0.05, 0.1) is 11.9 Å². The molecule has 1 aromatic heterocycles. The molecule has 0 bridgehead atoms. The Labute approximate surface area is 95.3 Å². The fourth-order valence-electron chi connectivity index (χ4n) is 2.21. The molecule has 1 heterocycles. The van der Waals surface area contributed by atoms with Gasteiger partial charge in [0.15, 0.2) is 0 Å². The minimum atomic E-state index is 0.0374. The minimum absolute atomic E-state index is 0.0374. The van der Waals surface area contributed by atoms with Crippen LogP contribution in [-0.2, 0) is 4.79 Å². The summed E-state index contributed by atoms with van der Waals surface area (Å²) in [6.07, 6.45) is 7.11. The van der Waals surface area contributed by atoms with Gasteiger partial charge in [0, 0.05) is 18.7 Å². The van der Waals surface area contributed by atoms with Gasteiger partial charge in [0.2, 0.25) is 5.91 Å². The average Bonchev–Trinajstić information content (AvgIpc) is 2.66. The predicted molar refractivity (Wildman–Crippen MR) is 62.8 cm³/mol. The molecule has 0 unspecified atom stereocenters. The van der Waals surface area contributed by atoms with Gasteiger partial charge in [-0.1, -0.05) is 6.42 Å². The third kappa shape index (κ3) is 2.79. The molecule has 86 valence electrons. The van der Waals surface area contributed by atoms with Gasteiger partial charge in [-0.3, -0.25) is 9.78 Å². The maximum Gasteiger partial charge on any atom is 0.224 e. The van der Waals surface area contributed by atoms with Crippen LogP contribution < -0.4 is 11.1 Å². The highest BCUT2D eigenvalue weighted by atomic mass is 16.1. The second-order valence-corrected chi connectivity index (χ2v) is 4.35. The van der Waals surface area contributed by atoms with E-state index >= 15 is 0 Å². The van der Waals surface area contributed by atoms with E-state index in [1.807, 2.05) is 6.07 Å². The van der Waals surface area contributed by atoms with Crippen LogP contribution in [0, 0.1) is 5.92 Å². The Hall–Kier alpha value is -1.42. The molecule has 0 radical (unpaired) electrons. The highest BCUT2D eigenvalue weighted by Gasteiger charge is 2.25. The number of anilines is 1. The molecule has 0 saturated heterocycles. The molecule has 3 N–H and O–H groups in total. The van der Waals surface area contributed by atoms with Crippen LogP contribution in [0.2, 0.25) is 0 Å². The largest absolute Gasteiger partial charge is 0.327 e. The summed E-state index contributed by atoms with van der Waals surface area (Å²) in [6, 6.07) is 3.83. The lowest BCUT2D eigenvalue weighted by molar-refractivity contribution is -0.117. The number of carbonyl (C=O) groups is 1. The molecule has 0 aliphatic heterocycles. The zero-order chi connectivity index (χ0) is 11.4. The maximum absolute atomic E-state index is 11.7. The fourth-order valence-corrected chi connectivity index (χ4v) is 2.21. The van der Waals surface area contributed by atoms with Crippen LogP contribution in [0.25, 0.3) is 0 Å². The minimum Gasteiger partial charge on any atom is -0.327 e. The van der Waals surface area contributed by atoms with Crippen molar-refractivity contribution < 1.29 is 4.79 Å². The van der Waals surface area contributed by atoms with Crippen molar-refractivity contribution >= 4 is 11.6 Å². The molecule has 1 aliphatic carbocycles. The SMILES string of the molecule is N[C@@H]1CCC[C@H]1CC(=O)Nc1cccnc1. The molecule has 16 heavy (non-hydrogen) atoms. The summed E-state index contributed by atoms with van der Waals surface area (Å²) in [4.78, 5) is 15.7. The average molecular weight is 219 g/mol. The van der Waals surface area contributed by atoms with Gasteiger partial charge in [-0.2, -0.15) is 0 Å². The summed E-state index contributed by atoms with van der Waals surface area (Å²) in [7, 11) is 0. The highest BCUT2D eigenvalue weighted by molar-refractivity contribution is 5.90. The van der Waals surface area contributed by atoms with E-state index in [0.29, 0.717) is 12.3 Å². The van der Waals surface area contributed by atoms with E-state index in [1.54, 1.807) is 18.5 Å². The van der Waals surface area contributed by atoms with E-state index in [2.05, 4.69) is 10.3 Å². The Balaban J connectivity index is 1.85. The second-order valence-electron chi connectivity index (χ2n) is 4.35. The number of nitrogens with two attached hydrogens (primary N) is 1. The standard InChI is InChI=1S/C12H17N3O/c13-11-5-1-3-9(11)7-12(16)15-10-4-2-6-14-8-10/h2,4,6,8-9,11H,1,3,5,7,13H2,(H,15,16)/t9-,11+/m0/s1. The van der Waals surface area contributed by atoms with E-state index < -0.39 is 0 Å². The topological polar surface area (TPSA) is 68.0 Å². The third-order valence-electron chi connectivity index (χ3n) is 3.11. The molecule has 1 aliphatic rings. The van der Waals surface area contributed by atoms with Crippen LogP contribution in [0.15, 0.2) is 24.5 Å². The number of amides is 1. The van der Waals surface area contributed by atoms with Gasteiger partial charge in [0.25, 0.3) is 0 Å². The van der Waals surface area contributed by atoms with E-state index in [0.717, 1.165) is 24.9 Å².